The summed E-state index contributed by atoms with van der Waals surface area (Å²) in [6, 6.07) is 2.39. The molecule has 1 saturated heterocycles. The summed E-state index contributed by atoms with van der Waals surface area (Å²) in [6.45, 7) is 6.77. The lowest BCUT2D eigenvalue weighted by Gasteiger charge is -2.35. The number of aromatic nitrogens is 3. The molecule has 0 bridgehead atoms. The van der Waals surface area contributed by atoms with Gasteiger partial charge in [-0.05, 0) is 89.3 Å². The second-order valence-electron chi connectivity index (χ2n) is 17.9. The zero-order chi connectivity index (χ0) is 44.4. The first-order valence-electron chi connectivity index (χ1n) is 20.4. The Labute approximate surface area is 356 Å². The molecule has 2 aromatic heterocycles. The second kappa shape index (κ2) is 15.9. The van der Waals surface area contributed by atoms with E-state index < -0.39 is 92.3 Å². The molecule has 4 amide bonds. The highest BCUT2D eigenvalue weighted by Gasteiger charge is 2.64. The first-order valence-corrected chi connectivity index (χ1v) is 22.3. The summed E-state index contributed by atoms with van der Waals surface area (Å²) in [5.41, 5.74) is -2.67. The number of rotatable bonds is 9. The van der Waals surface area contributed by atoms with E-state index in [1.165, 1.54) is 4.90 Å². The minimum Gasteiger partial charge on any atom is -0.472 e. The summed E-state index contributed by atoms with van der Waals surface area (Å²) in [7, 11) is -4.46. The quantitative estimate of drug-likeness (QED) is 0.230. The first kappa shape index (κ1) is 44.4. The predicted octanol–water partition coefficient (Wildman–Crippen LogP) is 5.56. The molecule has 3 fully saturated rings. The van der Waals surface area contributed by atoms with E-state index in [-0.39, 0.29) is 44.0 Å². The van der Waals surface area contributed by atoms with Gasteiger partial charge in [0.15, 0.2) is 5.60 Å². The topological polar surface area (TPSA) is 190 Å². The summed E-state index contributed by atoms with van der Waals surface area (Å²) >= 11 is 6.41. The highest BCUT2D eigenvalue weighted by atomic mass is 35.5. The predicted molar refractivity (Wildman–Crippen MR) is 218 cm³/mol. The molecule has 20 heteroatoms. The number of carbonyl (C=O) groups is 4. The molecular formula is C41H51ClF3N7O8S. The number of allylic oxidation sites excluding steroid dienone is 1. The van der Waals surface area contributed by atoms with Gasteiger partial charge < -0.3 is 25.0 Å². The van der Waals surface area contributed by atoms with Crippen molar-refractivity contribution in [2.45, 2.75) is 126 Å². The van der Waals surface area contributed by atoms with E-state index in [9.17, 15) is 40.8 Å². The average Bonchev–Trinajstić information content (AvgIpc) is 4.03. The molecule has 3 N–H and O–H groups in total. The van der Waals surface area contributed by atoms with Crippen molar-refractivity contribution in [3.63, 3.8) is 0 Å². The van der Waals surface area contributed by atoms with Crippen LogP contribution < -0.4 is 20.1 Å². The standard InChI is InChI=1S/C41H51ClF3N7O8S/c1-22-9-7-8-10-25-18-41(25,35(55)50-61(57,58)40(21-43)13-14-40)49-32(53)30-17-27(59-33-28-16-26(42)11-12-29(28)52-19-24(3)46-36(52)48-33)20-51(30)34(54)31(23(2)15-22)47-37(56)60-38(4,5)39(6,44)45/h8,10-12,16,19,22-23,25,27,30-31H,7,9,13-15,17-18,20-21H2,1-6H3,(H,47,56)(H,49,53)(H,50,55)/b10-8-/t22-,23+,25+,27+,30-,31-,41+/m0/s1. The third-order valence-electron chi connectivity index (χ3n) is 12.7. The van der Waals surface area contributed by atoms with Crippen molar-refractivity contribution in [1.29, 1.82) is 0 Å². The maximum Gasteiger partial charge on any atom is 0.408 e. The minimum atomic E-state index is -4.46. The molecule has 332 valence electrons. The van der Waals surface area contributed by atoms with Crippen LogP contribution in [0.2, 0.25) is 5.02 Å². The molecule has 0 spiro atoms. The van der Waals surface area contributed by atoms with Gasteiger partial charge in [-0.1, -0.05) is 37.6 Å². The van der Waals surface area contributed by atoms with Gasteiger partial charge in [-0.15, -0.1) is 0 Å². The van der Waals surface area contributed by atoms with Crippen molar-refractivity contribution in [3.05, 3.63) is 47.3 Å². The number of benzene rings is 1. The molecule has 2 saturated carbocycles. The van der Waals surface area contributed by atoms with Crippen molar-refractivity contribution in [2.24, 2.45) is 17.8 Å². The number of alkyl carbamates (subject to hydrolysis) is 1. The molecule has 4 aliphatic rings. The van der Waals surface area contributed by atoms with E-state index in [0.717, 1.165) is 13.8 Å². The molecule has 7 atom stereocenters. The second-order valence-corrected chi connectivity index (χ2v) is 20.4. The summed E-state index contributed by atoms with van der Waals surface area (Å²) in [4.78, 5) is 67.2. The van der Waals surface area contributed by atoms with E-state index in [1.807, 2.05) is 17.7 Å². The van der Waals surface area contributed by atoms with Crippen molar-refractivity contribution in [1.82, 2.24) is 34.6 Å². The number of halogens is 4. The van der Waals surface area contributed by atoms with Crippen LogP contribution in [0.15, 0.2) is 36.5 Å². The Balaban J connectivity index is 1.26. The number of nitrogens with zero attached hydrogens (tertiary/aromatic N) is 4. The van der Waals surface area contributed by atoms with E-state index in [4.69, 9.17) is 21.1 Å². The molecule has 7 rings (SSSR count). The molecule has 0 unspecified atom stereocenters. The van der Waals surface area contributed by atoms with Crippen molar-refractivity contribution < 1.29 is 50.2 Å². The molecule has 2 aliphatic carbocycles. The van der Waals surface area contributed by atoms with Crippen LogP contribution in [0.1, 0.15) is 85.3 Å². The number of sulfonamides is 1. The largest absolute Gasteiger partial charge is 0.472 e. The Morgan fingerprint density at radius 2 is 1.84 bits per heavy atom. The van der Waals surface area contributed by atoms with E-state index in [0.29, 0.717) is 53.6 Å². The van der Waals surface area contributed by atoms with Gasteiger partial charge in [0, 0.05) is 30.5 Å². The summed E-state index contributed by atoms with van der Waals surface area (Å²) in [5, 5.41) is 6.18. The van der Waals surface area contributed by atoms with Gasteiger partial charge in [0.05, 0.1) is 23.1 Å². The zero-order valence-corrected chi connectivity index (χ0v) is 36.3. The van der Waals surface area contributed by atoms with Crippen molar-refractivity contribution in [2.75, 3.05) is 13.2 Å². The Hall–Kier alpha value is -4.65. The van der Waals surface area contributed by atoms with Crippen LogP contribution in [0.25, 0.3) is 16.7 Å². The Kier molecular flexibility index (Phi) is 11.6. The third kappa shape index (κ3) is 8.60. The third-order valence-corrected chi connectivity index (χ3v) is 15.0. The summed E-state index contributed by atoms with van der Waals surface area (Å²) < 4.78 is 83.1. The Morgan fingerprint density at radius 3 is 2.51 bits per heavy atom. The molecule has 4 heterocycles. The summed E-state index contributed by atoms with van der Waals surface area (Å²) in [6.07, 6.45) is 4.66. The number of nitrogens with one attached hydrogen (secondary N) is 3. The fraction of sp³-hybridized carbons (Fsp3) is 0.610. The van der Waals surface area contributed by atoms with Gasteiger partial charge in [-0.3, -0.25) is 23.5 Å². The molecule has 2 aliphatic heterocycles. The fourth-order valence-electron chi connectivity index (χ4n) is 8.26. The van der Waals surface area contributed by atoms with Gasteiger partial charge in [0.25, 0.3) is 11.8 Å². The number of carbonyl (C=O) groups excluding carboxylic acids is 4. The van der Waals surface area contributed by atoms with E-state index in [1.54, 1.807) is 48.7 Å². The maximum absolute atomic E-state index is 14.9. The molecule has 15 nitrogen and oxygen atoms in total. The lowest BCUT2D eigenvalue weighted by Crippen LogP contribution is -2.60. The number of hydrogen-bond donors (Lipinski definition) is 3. The van der Waals surface area contributed by atoms with E-state index >= 15 is 0 Å². The smallest absolute Gasteiger partial charge is 0.408 e. The van der Waals surface area contributed by atoms with Crippen molar-refractivity contribution in [3.8, 4) is 5.88 Å². The normalized spacial score (nSPS) is 28.8. The summed E-state index contributed by atoms with van der Waals surface area (Å²) in [5.74, 6) is -6.88. The molecule has 3 aromatic rings. The number of fused-ring (bicyclic) bond motifs is 5. The van der Waals surface area contributed by atoms with Crippen LogP contribution in [0.3, 0.4) is 0 Å². The minimum absolute atomic E-state index is 0.0280. The SMILES string of the molecule is Cc1cn2c(n1)nc(O[C@@H]1C[C@H]3C(=O)N[C@]4(C(=O)NS(=O)(=O)C5(CF)CC5)C[C@H]4/C=C\CC[C@H](C)C[C@@H](C)[C@H](NC(=O)OC(C)(C)C(C)(F)F)C(=O)N3C1)c1cc(Cl)ccc12. The lowest BCUT2D eigenvalue weighted by molar-refractivity contribution is -0.152. The molecular weight excluding hydrogens is 843 g/mol. The van der Waals surface area contributed by atoms with Crippen LogP contribution in [0, 0.1) is 24.7 Å². The fourth-order valence-corrected chi connectivity index (χ4v) is 9.86. The number of aryl methyl sites for hydroxylation is 1. The van der Waals surface area contributed by atoms with Gasteiger partial charge in [-0.25, -0.2) is 31.4 Å². The van der Waals surface area contributed by atoms with Gasteiger partial charge in [0.1, 0.15) is 35.1 Å². The molecule has 61 heavy (non-hydrogen) atoms. The van der Waals surface area contributed by atoms with Gasteiger partial charge in [0.2, 0.25) is 33.5 Å². The molecule has 1 aromatic carbocycles. The maximum atomic E-state index is 14.9. The first-order chi connectivity index (χ1) is 28.5. The monoisotopic (exact) mass is 893 g/mol. The van der Waals surface area contributed by atoms with Gasteiger partial charge in [-0.2, -0.15) is 4.98 Å². The lowest BCUT2D eigenvalue weighted by atomic mass is 9.88. The number of amides is 4. The number of hydrogen-bond acceptors (Lipinski definition) is 10. The van der Waals surface area contributed by atoms with Crippen LogP contribution in [0.5, 0.6) is 5.88 Å². The highest BCUT2D eigenvalue weighted by molar-refractivity contribution is 7.91. The number of ether oxygens (including phenoxy) is 2. The van der Waals surface area contributed by atoms with Crippen LogP contribution in [-0.4, -0.2) is 105 Å². The van der Waals surface area contributed by atoms with E-state index in [2.05, 4.69) is 20.6 Å². The van der Waals surface area contributed by atoms with Crippen molar-refractivity contribution >= 4 is 62.1 Å². The van der Waals surface area contributed by atoms with Crippen LogP contribution >= 0.6 is 11.6 Å². The number of imidazole rings is 1. The van der Waals surface area contributed by atoms with Crippen LogP contribution in [-0.2, 0) is 29.1 Å². The zero-order valence-electron chi connectivity index (χ0n) is 34.8. The molecule has 0 radical (unpaired) electrons. The Bertz CT molecular complexity index is 2400. The Morgan fingerprint density at radius 1 is 1.11 bits per heavy atom. The van der Waals surface area contributed by atoms with Gasteiger partial charge >= 0.3 is 6.09 Å². The highest BCUT2D eigenvalue weighted by Crippen LogP contribution is 2.48. The number of alkyl halides is 3. The average molecular weight is 894 g/mol. The van der Waals surface area contributed by atoms with Crippen LogP contribution in [0.4, 0.5) is 18.0 Å².